The Morgan fingerprint density at radius 3 is 3.00 bits per heavy atom. The van der Waals surface area contributed by atoms with Gasteiger partial charge in [0.15, 0.2) is 0 Å². The molecule has 2 aromatic rings. The zero-order chi connectivity index (χ0) is 14.5. The third kappa shape index (κ3) is 3.91. The van der Waals surface area contributed by atoms with Crippen molar-refractivity contribution in [1.82, 2.24) is 20.3 Å². The van der Waals surface area contributed by atoms with E-state index in [9.17, 15) is 4.79 Å². The number of carbonyl (C=O) groups is 1. The zero-order valence-corrected chi connectivity index (χ0v) is 12.8. The van der Waals surface area contributed by atoms with Crippen LogP contribution in [0, 0.1) is 5.92 Å². The average Bonchev–Trinajstić information content (AvgIpc) is 3.17. The van der Waals surface area contributed by atoms with Crippen molar-refractivity contribution in [3.63, 3.8) is 0 Å². The maximum Gasteiger partial charge on any atom is 0.220 e. The fourth-order valence-electron chi connectivity index (χ4n) is 2.81. The normalized spacial score (nSPS) is 16.0. The summed E-state index contributed by atoms with van der Waals surface area (Å²) >= 11 is 1.62. The molecule has 6 heteroatoms. The number of rotatable bonds is 5. The number of thiophene rings is 1. The highest BCUT2D eigenvalue weighted by molar-refractivity contribution is 7.08. The fourth-order valence-corrected chi connectivity index (χ4v) is 3.43. The van der Waals surface area contributed by atoms with E-state index in [1.165, 1.54) is 32.1 Å². The molecule has 0 atom stereocenters. The minimum Gasteiger partial charge on any atom is -0.350 e. The summed E-state index contributed by atoms with van der Waals surface area (Å²) in [5.74, 6) is 0.701. The van der Waals surface area contributed by atoms with E-state index in [0.717, 1.165) is 11.4 Å². The summed E-state index contributed by atoms with van der Waals surface area (Å²) < 4.78 is 1.74. The Balaban J connectivity index is 1.47. The first kappa shape index (κ1) is 14.3. The summed E-state index contributed by atoms with van der Waals surface area (Å²) in [4.78, 5) is 12.0. The number of nitrogens with one attached hydrogen (secondary N) is 1. The lowest BCUT2D eigenvalue weighted by atomic mass is 9.87. The van der Waals surface area contributed by atoms with E-state index < -0.39 is 0 Å². The molecule has 21 heavy (non-hydrogen) atoms. The van der Waals surface area contributed by atoms with Crippen molar-refractivity contribution >= 4 is 17.2 Å². The second-order valence-electron chi connectivity index (χ2n) is 5.62. The monoisotopic (exact) mass is 304 g/mol. The van der Waals surface area contributed by atoms with Crippen LogP contribution in [0.4, 0.5) is 0 Å². The predicted octanol–water partition coefficient (Wildman–Crippen LogP) is 2.92. The molecule has 1 aliphatic rings. The molecule has 1 amide bonds. The summed E-state index contributed by atoms with van der Waals surface area (Å²) in [7, 11) is 0. The van der Waals surface area contributed by atoms with Crippen molar-refractivity contribution in [2.45, 2.75) is 45.1 Å². The van der Waals surface area contributed by atoms with Crippen LogP contribution in [-0.4, -0.2) is 20.9 Å². The van der Waals surface area contributed by atoms with E-state index in [1.54, 1.807) is 16.0 Å². The van der Waals surface area contributed by atoms with E-state index in [2.05, 4.69) is 15.6 Å². The highest BCUT2D eigenvalue weighted by atomic mass is 32.1. The lowest BCUT2D eigenvalue weighted by Gasteiger charge is -2.20. The van der Waals surface area contributed by atoms with E-state index >= 15 is 0 Å². The largest absolute Gasteiger partial charge is 0.350 e. The van der Waals surface area contributed by atoms with Crippen molar-refractivity contribution in [2.24, 2.45) is 5.92 Å². The van der Waals surface area contributed by atoms with Crippen LogP contribution in [0.25, 0.3) is 5.69 Å². The lowest BCUT2D eigenvalue weighted by Crippen LogP contribution is -2.26. The molecule has 3 rings (SSSR count). The molecule has 0 unspecified atom stereocenters. The number of nitrogens with zero attached hydrogens (tertiary/aromatic N) is 3. The third-order valence-electron chi connectivity index (χ3n) is 3.98. The van der Waals surface area contributed by atoms with E-state index in [0.29, 0.717) is 18.9 Å². The van der Waals surface area contributed by atoms with Gasteiger partial charge < -0.3 is 5.32 Å². The summed E-state index contributed by atoms with van der Waals surface area (Å²) in [6.45, 7) is 0.454. The SMILES string of the molecule is O=C(CC1CCCCC1)NCc1cn(-c2ccsc2)nn1. The van der Waals surface area contributed by atoms with Crippen molar-refractivity contribution in [3.8, 4) is 5.69 Å². The Morgan fingerprint density at radius 1 is 1.38 bits per heavy atom. The van der Waals surface area contributed by atoms with Crippen LogP contribution in [0.2, 0.25) is 0 Å². The van der Waals surface area contributed by atoms with E-state index in [-0.39, 0.29) is 5.91 Å². The van der Waals surface area contributed by atoms with Crippen LogP contribution in [0.5, 0.6) is 0 Å². The number of hydrogen-bond acceptors (Lipinski definition) is 4. The van der Waals surface area contributed by atoms with Crippen molar-refractivity contribution in [2.75, 3.05) is 0 Å². The average molecular weight is 304 g/mol. The molecule has 2 aromatic heterocycles. The molecule has 0 radical (unpaired) electrons. The van der Waals surface area contributed by atoms with E-state index in [1.807, 2.05) is 23.0 Å². The molecule has 1 fully saturated rings. The first-order valence-corrected chi connectivity index (χ1v) is 8.46. The van der Waals surface area contributed by atoms with Gasteiger partial charge in [-0.05, 0) is 30.2 Å². The summed E-state index contributed by atoms with van der Waals surface area (Å²) in [6.07, 6.45) is 8.77. The molecule has 112 valence electrons. The van der Waals surface area contributed by atoms with Gasteiger partial charge in [-0.15, -0.1) is 5.10 Å². The Morgan fingerprint density at radius 2 is 2.24 bits per heavy atom. The van der Waals surface area contributed by atoms with Crippen LogP contribution in [-0.2, 0) is 11.3 Å². The molecular formula is C15H20N4OS. The third-order valence-corrected chi connectivity index (χ3v) is 4.65. The second-order valence-corrected chi connectivity index (χ2v) is 6.40. The smallest absolute Gasteiger partial charge is 0.220 e. The van der Waals surface area contributed by atoms with Gasteiger partial charge in [-0.2, -0.15) is 11.3 Å². The topological polar surface area (TPSA) is 59.8 Å². The van der Waals surface area contributed by atoms with Gasteiger partial charge >= 0.3 is 0 Å². The minimum atomic E-state index is 0.131. The highest BCUT2D eigenvalue weighted by Gasteiger charge is 2.17. The van der Waals surface area contributed by atoms with Gasteiger partial charge in [0.25, 0.3) is 0 Å². The first-order chi connectivity index (χ1) is 10.3. The first-order valence-electron chi connectivity index (χ1n) is 7.52. The Kier molecular flexibility index (Phi) is 4.65. The Bertz CT molecular complexity index is 572. The van der Waals surface area contributed by atoms with Gasteiger partial charge in [0, 0.05) is 11.8 Å². The van der Waals surface area contributed by atoms with Gasteiger partial charge in [0.05, 0.1) is 18.4 Å². The summed E-state index contributed by atoms with van der Waals surface area (Å²) in [5, 5.41) is 15.1. The van der Waals surface area contributed by atoms with Crippen LogP contribution in [0.1, 0.15) is 44.2 Å². The standard InChI is InChI=1S/C15H20N4OS/c20-15(8-12-4-2-1-3-5-12)16-9-13-10-19(18-17-13)14-6-7-21-11-14/h6-7,10-12H,1-5,8-9H2,(H,16,20). The maximum atomic E-state index is 12.0. The molecule has 0 spiro atoms. The van der Waals surface area contributed by atoms with Crippen molar-refractivity contribution < 1.29 is 4.79 Å². The molecule has 1 N–H and O–H groups in total. The second kappa shape index (κ2) is 6.85. The maximum absolute atomic E-state index is 12.0. The van der Waals surface area contributed by atoms with Crippen LogP contribution in [0.3, 0.4) is 0 Å². The van der Waals surface area contributed by atoms with Gasteiger partial charge in [-0.3, -0.25) is 4.79 Å². The number of hydrogen-bond donors (Lipinski definition) is 1. The predicted molar refractivity (Wildman–Crippen MR) is 82.3 cm³/mol. The molecule has 2 heterocycles. The number of aromatic nitrogens is 3. The quantitative estimate of drug-likeness (QED) is 0.924. The van der Waals surface area contributed by atoms with Gasteiger partial charge in [-0.1, -0.05) is 24.5 Å². The molecule has 1 aliphatic carbocycles. The molecule has 1 saturated carbocycles. The summed E-state index contributed by atoms with van der Waals surface area (Å²) in [6, 6.07) is 1.99. The summed E-state index contributed by atoms with van der Waals surface area (Å²) in [5.41, 5.74) is 1.80. The van der Waals surface area contributed by atoms with Crippen LogP contribution >= 0.6 is 11.3 Å². The molecular weight excluding hydrogens is 284 g/mol. The number of amides is 1. The molecule has 0 saturated heterocycles. The highest BCUT2D eigenvalue weighted by Crippen LogP contribution is 2.26. The van der Waals surface area contributed by atoms with Gasteiger partial charge in [-0.25, -0.2) is 4.68 Å². The molecule has 0 bridgehead atoms. The van der Waals surface area contributed by atoms with Crippen molar-refractivity contribution in [1.29, 1.82) is 0 Å². The molecule has 0 aromatic carbocycles. The van der Waals surface area contributed by atoms with E-state index in [4.69, 9.17) is 0 Å². The van der Waals surface area contributed by atoms with Crippen LogP contribution < -0.4 is 5.32 Å². The Hall–Kier alpha value is -1.69. The van der Waals surface area contributed by atoms with Gasteiger partial charge in [0.2, 0.25) is 5.91 Å². The number of carbonyl (C=O) groups excluding carboxylic acids is 1. The lowest BCUT2D eigenvalue weighted by molar-refractivity contribution is -0.122. The van der Waals surface area contributed by atoms with Crippen LogP contribution in [0.15, 0.2) is 23.0 Å². The van der Waals surface area contributed by atoms with Crippen molar-refractivity contribution in [3.05, 3.63) is 28.7 Å². The fraction of sp³-hybridized carbons (Fsp3) is 0.533. The Labute approximate surface area is 128 Å². The minimum absolute atomic E-state index is 0.131. The van der Waals surface area contributed by atoms with Gasteiger partial charge in [0.1, 0.15) is 5.69 Å². The molecule has 0 aliphatic heterocycles. The molecule has 5 nitrogen and oxygen atoms in total. The zero-order valence-electron chi connectivity index (χ0n) is 12.0.